The first kappa shape index (κ1) is 20.7. The SMILES string of the molecule is CC1(C)COC2=[N+]1[B-]1(c3ccccc3)[C@@H]3[C@H]4CC[C@H](C4)[C@@H]3[B-]2(c2ccccc2)C2=[N+]1C(C)(C)CO2. The summed E-state index contributed by atoms with van der Waals surface area (Å²) < 4.78 is 19.6. The van der Waals surface area contributed by atoms with Crippen molar-refractivity contribution >= 4 is 35.1 Å². The Morgan fingerprint density at radius 2 is 1.17 bits per heavy atom. The second kappa shape index (κ2) is 6.25. The third-order valence-corrected chi connectivity index (χ3v) is 11.3. The summed E-state index contributed by atoms with van der Waals surface area (Å²) in [7, 11) is 0. The van der Waals surface area contributed by atoms with Crippen LogP contribution < -0.4 is 10.9 Å². The standard InChI is InChI=1S/C29H36B2N2O2/c1-28(2)18-34-26-30(22-11-7-5-8-12-22)24-20-15-16-21(17-20)25(24)31(32(26)28,23-13-9-6-10-14-23)33-27(30)35-19-29(33,3)4/h5-14,20-21,24-25H,15-19H2,1-4H3/t20-,21+,24+,25-,30?,31?/m1/s1. The number of hydrogen-bond acceptors (Lipinski definition) is 2. The van der Waals surface area contributed by atoms with Crippen LogP contribution in [0.4, 0.5) is 0 Å². The Balaban J connectivity index is 1.60. The minimum Gasteiger partial charge on any atom is -0.478 e. The molecule has 0 spiro atoms. The van der Waals surface area contributed by atoms with E-state index in [1.807, 2.05) is 0 Å². The first-order chi connectivity index (χ1) is 16.8. The van der Waals surface area contributed by atoms with Gasteiger partial charge in [-0.2, -0.15) is 5.46 Å². The van der Waals surface area contributed by atoms with Crippen LogP contribution in [0.5, 0.6) is 0 Å². The third kappa shape index (κ3) is 2.09. The van der Waals surface area contributed by atoms with Crippen LogP contribution in [0.25, 0.3) is 0 Å². The maximum atomic E-state index is 6.96. The lowest BCUT2D eigenvalue weighted by molar-refractivity contribution is -0.602. The van der Waals surface area contributed by atoms with Gasteiger partial charge in [0.2, 0.25) is 0 Å². The molecule has 9 rings (SSSR count). The summed E-state index contributed by atoms with van der Waals surface area (Å²) in [6.45, 7) is 11.1. The number of ether oxygens (including phenoxy) is 2. The van der Waals surface area contributed by atoms with Crippen LogP contribution in [0.15, 0.2) is 60.7 Å². The molecule has 2 fully saturated rings. The predicted molar refractivity (Wildman–Crippen MR) is 143 cm³/mol. The molecule has 6 heteroatoms. The molecular formula is C29H36B2N2O2. The highest BCUT2D eigenvalue weighted by Crippen LogP contribution is 2.70. The summed E-state index contributed by atoms with van der Waals surface area (Å²) in [6, 6.07) is 22.8. The number of fused-ring (bicyclic) bond motifs is 2. The predicted octanol–water partition coefficient (Wildman–Crippen LogP) is 3.41. The molecule has 4 atom stereocenters. The van der Waals surface area contributed by atoms with E-state index < -0.39 is 12.6 Å². The maximum Gasteiger partial charge on any atom is 0.565 e. The zero-order valence-corrected chi connectivity index (χ0v) is 21.5. The van der Waals surface area contributed by atoms with Gasteiger partial charge in [0, 0.05) is 0 Å². The zero-order valence-electron chi connectivity index (χ0n) is 21.5. The fourth-order valence-electron chi connectivity index (χ4n) is 10.8. The van der Waals surface area contributed by atoms with Gasteiger partial charge in [-0.25, -0.2) is 0 Å². The molecule has 2 saturated carbocycles. The number of hydrogen-bond donors (Lipinski definition) is 0. The minimum absolute atomic E-state index is 0.0794. The molecule has 2 aromatic rings. The number of nitrogens with zero attached hydrogens (tertiary/aromatic N) is 2. The van der Waals surface area contributed by atoms with Gasteiger partial charge in [-0.15, -0.1) is 5.82 Å². The second-order valence-electron chi connectivity index (χ2n) is 13.7. The highest BCUT2D eigenvalue weighted by Gasteiger charge is 2.84. The van der Waals surface area contributed by atoms with Gasteiger partial charge in [-0.3, -0.25) is 0 Å². The minimum atomic E-state index is -1.32. The Morgan fingerprint density at radius 3 is 1.71 bits per heavy atom. The summed E-state index contributed by atoms with van der Waals surface area (Å²) in [5, 5.41) is 0. The van der Waals surface area contributed by atoms with Crippen molar-refractivity contribution in [1.29, 1.82) is 0 Å². The first-order valence-corrected chi connectivity index (χ1v) is 13.9. The van der Waals surface area contributed by atoms with Crippen LogP contribution in [0.3, 0.4) is 0 Å². The lowest BCUT2D eigenvalue weighted by Crippen LogP contribution is -2.89. The van der Waals surface area contributed by atoms with Gasteiger partial charge in [-0.1, -0.05) is 97.2 Å². The van der Waals surface area contributed by atoms with Crippen LogP contribution in [0.2, 0.25) is 11.6 Å². The largest absolute Gasteiger partial charge is 0.565 e. The van der Waals surface area contributed by atoms with E-state index in [2.05, 4.69) is 97.3 Å². The van der Waals surface area contributed by atoms with Gasteiger partial charge in [0.1, 0.15) is 35.9 Å². The molecule has 0 amide bonds. The number of rotatable bonds is 2. The molecule has 35 heavy (non-hydrogen) atoms. The van der Waals surface area contributed by atoms with E-state index >= 15 is 0 Å². The molecule has 0 N–H and O–H groups in total. The van der Waals surface area contributed by atoms with Crippen LogP contribution in [0, 0.1) is 11.8 Å². The van der Waals surface area contributed by atoms with Crippen molar-refractivity contribution in [3.63, 3.8) is 0 Å². The highest BCUT2D eigenvalue weighted by molar-refractivity contribution is 7.33. The molecule has 0 radical (unpaired) electrons. The van der Waals surface area contributed by atoms with E-state index in [0.29, 0.717) is 11.6 Å². The van der Waals surface area contributed by atoms with Gasteiger partial charge >= 0.3 is 12.6 Å². The van der Waals surface area contributed by atoms with Crippen molar-refractivity contribution < 1.29 is 18.4 Å². The van der Waals surface area contributed by atoms with E-state index in [4.69, 9.17) is 9.47 Å². The topological polar surface area (TPSA) is 24.5 Å². The Labute approximate surface area is 208 Å². The van der Waals surface area contributed by atoms with Crippen molar-refractivity contribution in [1.82, 2.24) is 0 Å². The lowest BCUT2D eigenvalue weighted by atomic mass is 9.03. The molecular weight excluding hydrogens is 430 g/mol. The van der Waals surface area contributed by atoms with Gasteiger partial charge in [0.25, 0.3) is 0 Å². The molecule has 180 valence electrons. The van der Waals surface area contributed by atoms with Crippen molar-refractivity contribution in [2.45, 2.75) is 69.7 Å². The Morgan fingerprint density at radius 1 is 0.686 bits per heavy atom. The Bertz CT molecular complexity index is 1270. The van der Waals surface area contributed by atoms with E-state index in [-0.39, 0.29) is 11.1 Å². The van der Waals surface area contributed by atoms with Gasteiger partial charge in [0.15, 0.2) is 0 Å². The summed E-state index contributed by atoms with van der Waals surface area (Å²) in [6.07, 6.45) is 1.50. The van der Waals surface area contributed by atoms with Crippen molar-refractivity contribution in [3.05, 3.63) is 60.7 Å². The van der Waals surface area contributed by atoms with Crippen molar-refractivity contribution in [3.8, 4) is 0 Å². The van der Waals surface area contributed by atoms with Gasteiger partial charge in [0.05, 0.1) is 0 Å². The fraction of sp³-hybridized carbons (Fsp3) is 0.517. The molecule has 2 aliphatic carbocycles. The molecule has 7 aliphatic rings. The average molecular weight is 466 g/mol. The summed E-state index contributed by atoms with van der Waals surface area (Å²) in [5.74, 6) is 5.19. The second-order valence-corrected chi connectivity index (χ2v) is 13.7. The van der Waals surface area contributed by atoms with Crippen LogP contribution in [0.1, 0.15) is 47.0 Å². The Kier molecular flexibility index (Phi) is 3.69. The van der Waals surface area contributed by atoms with Crippen LogP contribution >= 0.6 is 0 Å². The fourth-order valence-corrected chi connectivity index (χ4v) is 10.8. The molecule has 0 unspecified atom stereocenters. The molecule has 0 saturated heterocycles. The van der Waals surface area contributed by atoms with Gasteiger partial charge in [-0.05, 0) is 33.5 Å². The van der Waals surface area contributed by atoms with Crippen molar-refractivity contribution in [2.75, 3.05) is 13.2 Å². The normalized spacial score (nSPS) is 40.9. The monoisotopic (exact) mass is 466 g/mol. The molecule has 4 bridgehead atoms. The quantitative estimate of drug-likeness (QED) is 0.634. The Hall–Kier alpha value is -2.49. The van der Waals surface area contributed by atoms with Gasteiger partial charge < -0.3 is 18.4 Å². The smallest absolute Gasteiger partial charge is 0.478 e. The highest BCUT2D eigenvalue weighted by atomic mass is 16.5. The first-order valence-electron chi connectivity index (χ1n) is 13.9. The zero-order chi connectivity index (χ0) is 23.8. The van der Waals surface area contributed by atoms with E-state index in [0.717, 1.165) is 25.0 Å². The lowest BCUT2D eigenvalue weighted by Gasteiger charge is -2.63. The molecule has 5 aliphatic heterocycles. The molecule has 0 aromatic heterocycles. The van der Waals surface area contributed by atoms with E-state index in [1.165, 1.54) is 41.8 Å². The summed E-state index contributed by atoms with van der Waals surface area (Å²) in [5.41, 5.74) is 2.73. The van der Waals surface area contributed by atoms with Crippen molar-refractivity contribution in [2.24, 2.45) is 11.8 Å². The summed E-state index contributed by atoms with van der Waals surface area (Å²) in [4.78, 5) is 0. The third-order valence-electron chi connectivity index (χ3n) is 11.3. The molecule has 2 aromatic carbocycles. The number of benzene rings is 2. The summed E-state index contributed by atoms with van der Waals surface area (Å²) >= 11 is 0. The average Bonchev–Trinajstić information content (AvgIpc) is 3.64. The van der Waals surface area contributed by atoms with E-state index in [9.17, 15) is 0 Å². The molecule has 4 nitrogen and oxygen atoms in total. The van der Waals surface area contributed by atoms with Crippen LogP contribution in [-0.2, 0) is 9.47 Å². The molecule has 5 heterocycles. The van der Waals surface area contributed by atoms with E-state index in [1.54, 1.807) is 0 Å². The maximum absolute atomic E-state index is 6.96. The van der Waals surface area contributed by atoms with Crippen LogP contribution in [-0.4, -0.2) is 57.4 Å².